The molecule has 0 amide bonds. The summed E-state index contributed by atoms with van der Waals surface area (Å²) < 4.78 is 9.84. The minimum absolute atomic E-state index is 0.313. The van der Waals surface area contributed by atoms with E-state index in [0.29, 0.717) is 24.7 Å². The molecule has 0 aromatic carbocycles. The topological polar surface area (TPSA) is 68.7 Å². The highest BCUT2D eigenvalue weighted by molar-refractivity contribution is 5.63. The smallest absolute Gasteiger partial charge is 0.449 e. The predicted octanol–water partition coefficient (Wildman–Crippen LogP) is 1.48. The number of nitrogens with zero attached hydrogens (tertiary/aromatic N) is 1. The summed E-state index contributed by atoms with van der Waals surface area (Å²) in [6.45, 7) is 2.57. The molecule has 0 bridgehead atoms. The van der Waals surface area contributed by atoms with Crippen LogP contribution in [0.4, 0.5) is 4.79 Å². The SMILES string of the molecule is Cc1ncc2c(c1OC(=O)O)COC2. The number of aromatic nitrogens is 1. The van der Waals surface area contributed by atoms with E-state index in [9.17, 15) is 4.79 Å². The maximum absolute atomic E-state index is 10.4. The zero-order chi connectivity index (χ0) is 10.1. The number of aryl methyl sites for hydroxylation is 1. The lowest BCUT2D eigenvalue weighted by Gasteiger charge is -2.07. The molecule has 0 aliphatic carbocycles. The van der Waals surface area contributed by atoms with Crippen molar-refractivity contribution in [1.29, 1.82) is 0 Å². The van der Waals surface area contributed by atoms with Crippen molar-refractivity contribution in [2.75, 3.05) is 0 Å². The number of pyridine rings is 1. The molecule has 0 fully saturated rings. The molecular weight excluding hydrogens is 186 g/mol. The standard InChI is InChI=1S/C9H9NO4/c1-5-8(14-9(11)12)7-4-13-3-6(7)2-10-5/h2H,3-4H2,1H3,(H,11,12). The van der Waals surface area contributed by atoms with E-state index in [4.69, 9.17) is 9.84 Å². The van der Waals surface area contributed by atoms with E-state index in [1.165, 1.54) is 0 Å². The molecule has 2 heterocycles. The fourth-order valence-electron chi connectivity index (χ4n) is 1.44. The normalized spacial score (nSPS) is 13.8. The predicted molar refractivity (Wildman–Crippen MR) is 46.1 cm³/mol. The number of carboxylic acid groups (broad SMARTS) is 1. The molecule has 2 rings (SSSR count). The summed E-state index contributed by atoms with van der Waals surface area (Å²) in [5.41, 5.74) is 2.25. The van der Waals surface area contributed by atoms with E-state index < -0.39 is 6.16 Å². The van der Waals surface area contributed by atoms with Crippen molar-refractivity contribution < 1.29 is 19.4 Å². The third kappa shape index (κ3) is 1.42. The van der Waals surface area contributed by atoms with Crippen LogP contribution in [0.5, 0.6) is 5.75 Å². The molecule has 1 aliphatic heterocycles. The van der Waals surface area contributed by atoms with Crippen molar-refractivity contribution in [2.45, 2.75) is 20.1 Å². The summed E-state index contributed by atoms with van der Waals surface area (Å²) in [4.78, 5) is 14.5. The van der Waals surface area contributed by atoms with Gasteiger partial charge in [0, 0.05) is 17.3 Å². The van der Waals surface area contributed by atoms with Gasteiger partial charge >= 0.3 is 6.16 Å². The molecule has 74 valence electrons. The van der Waals surface area contributed by atoms with E-state index in [2.05, 4.69) is 9.72 Å². The third-order valence-electron chi connectivity index (χ3n) is 2.10. The second-order valence-corrected chi connectivity index (χ2v) is 3.04. The van der Waals surface area contributed by atoms with E-state index in [1.54, 1.807) is 13.1 Å². The Bertz CT molecular complexity index is 389. The van der Waals surface area contributed by atoms with Crippen LogP contribution >= 0.6 is 0 Å². The van der Waals surface area contributed by atoms with Crippen LogP contribution in [0.3, 0.4) is 0 Å². The van der Waals surface area contributed by atoms with Gasteiger partial charge in [-0.1, -0.05) is 0 Å². The fourth-order valence-corrected chi connectivity index (χ4v) is 1.44. The largest absolute Gasteiger partial charge is 0.511 e. The lowest BCUT2D eigenvalue weighted by Crippen LogP contribution is -2.07. The number of fused-ring (bicyclic) bond motifs is 1. The van der Waals surface area contributed by atoms with Crippen LogP contribution < -0.4 is 4.74 Å². The van der Waals surface area contributed by atoms with Gasteiger partial charge in [-0.05, 0) is 6.92 Å². The Balaban J connectivity index is 2.46. The summed E-state index contributed by atoms with van der Waals surface area (Å²) in [5, 5.41) is 8.53. The number of ether oxygens (including phenoxy) is 2. The Morgan fingerprint density at radius 3 is 3.14 bits per heavy atom. The summed E-state index contributed by atoms with van der Waals surface area (Å²) in [6.07, 6.45) is 0.363. The van der Waals surface area contributed by atoms with Crippen molar-refractivity contribution in [2.24, 2.45) is 0 Å². The van der Waals surface area contributed by atoms with Crippen LogP contribution in [0.15, 0.2) is 6.20 Å². The highest BCUT2D eigenvalue weighted by Gasteiger charge is 2.20. The Hall–Kier alpha value is -1.62. The van der Waals surface area contributed by atoms with E-state index in [-0.39, 0.29) is 0 Å². The molecule has 0 spiro atoms. The highest BCUT2D eigenvalue weighted by Crippen LogP contribution is 2.30. The van der Waals surface area contributed by atoms with Gasteiger partial charge in [0.25, 0.3) is 0 Å². The van der Waals surface area contributed by atoms with Crippen molar-refractivity contribution in [3.8, 4) is 5.75 Å². The van der Waals surface area contributed by atoms with Crippen LogP contribution in [-0.4, -0.2) is 16.2 Å². The molecule has 0 saturated carbocycles. The molecule has 1 aromatic rings. The van der Waals surface area contributed by atoms with Crippen LogP contribution in [0.2, 0.25) is 0 Å². The molecule has 0 atom stereocenters. The van der Waals surface area contributed by atoms with Gasteiger partial charge in [0.2, 0.25) is 0 Å². The third-order valence-corrected chi connectivity index (χ3v) is 2.10. The van der Waals surface area contributed by atoms with Crippen LogP contribution in [0.1, 0.15) is 16.8 Å². The van der Waals surface area contributed by atoms with Crippen LogP contribution in [0, 0.1) is 6.92 Å². The number of hydrogen-bond donors (Lipinski definition) is 1. The maximum Gasteiger partial charge on any atom is 0.511 e. The average molecular weight is 195 g/mol. The van der Waals surface area contributed by atoms with E-state index >= 15 is 0 Å². The Morgan fingerprint density at radius 1 is 1.64 bits per heavy atom. The lowest BCUT2D eigenvalue weighted by molar-refractivity contribution is 0.129. The number of rotatable bonds is 1. The fraction of sp³-hybridized carbons (Fsp3) is 0.333. The molecule has 0 unspecified atom stereocenters. The van der Waals surface area contributed by atoms with Crippen LogP contribution in [0.25, 0.3) is 0 Å². The maximum atomic E-state index is 10.4. The first kappa shape index (κ1) is 8.96. The van der Waals surface area contributed by atoms with Gasteiger partial charge in [-0.15, -0.1) is 0 Å². The second-order valence-electron chi connectivity index (χ2n) is 3.04. The molecule has 1 aromatic heterocycles. The van der Waals surface area contributed by atoms with Crippen molar-refractivity contribution in [3.05, 3.63) is 23.0 Å². The summed E-state index contributed by atoms with van der Waals surface area (Å²) in [7, 11) is 0. The molecule has 14 heavy (non-hydrogen) atoms. The van der Waals surface area contributed by atoms with Crippen LogP contribution in [-0.2, 0) is 18.0 Å². The molecule has 1 aliphatic rings. The van der Waals surface area contributed by atoms with E-state index in [0.717, 1.165) is 11.1 Å². The molecule has 1 N–H and O–H groups in total. The first-order valence-corrected chi connectivity index (χ1v) is 4.14. The molecule has 0 saturated heterocycles. The quantitative estimate of drug-likeness (QED) is 0.687. The molecule has 5 heteroatoms. The minimum atomic E-state index is -1.32. The molecule has 0 radical (unpaired) electrons. The van der Waals surface area contributed by atoms with Gasteiger partial charge in [0.1, 0.15) is 0 Å². The zero-order valence-corrected chi connectivity index (χ0v) is 7.61. The Kier molecular flexibility index (Phi) is 2.09. The van der Waals surface area contributed by atoms with Crippen molar-refractivity contribution in [3.63, 3.8) is 0 Å². The Morgan fingerprint density at radius 2 is 2.43 bits per heavy atom. The van der Waals surface area contributed by atoms with Gasteiger partial charge in [0.15, 0.2) is 5.75 Å². The monoisotopic (exact) mass is 195 g/mol. The summed E-state index contributed by atoms with van der Waals surface area (Å²) in [6, 6.07) is 0. The van der Waals surface area contributed by atoms with Gasteiger partial charge in [0.05, 0.1) is 18.9 Å². The zero-order valence-electron chi connectivity index (χ0n) is 7.61. The van der Waals surface area contributed by atoms with Gasteiger partial charge < -0.3 is 14.6 Å². The van der Waals surface area contributed by atoms with Gasteiger partial charge in [-0.25, -0.2) is 4.79 Å². The number of carbonyl (C=O) groups is 1. The molecular formula is C9H9NO4. The van der Waals surface area contributed by atoms with Crippen molar-refractivity contribution in [1.82, 2.24) is 4.98 Å². The number of hydrogen-bond acceptors (Lipinski definition) is 4. The first-order valence-electron chi connectivity index (χ1n) is 4.14. The first-order chi connectivity index (χ1) is 6.68. The van der Waals surface area contributed by atoms with Gasteiger partial charge in [-0.3, -0.25) is 4.98 Å². The lowest BCUT2D eigenvalue weighted by atomic mass is 10.1. The average Bonchev–Trinajstić information content (AvgIpc) is 2.57. The summed E-state index contributed by atoms with van der Waals surface area (Å²) in [5.74, 6) is 0.313. The molecule has 5 nitrogen and oxygen atoms in total. The van der Waals surface area contributed by atoms with E-state index in [1.807, 2.05) is 0 Å². The Labute approximate surface area is 80.3 Å². The minimum Gasteiger partial charge on any atom is -0.449 e. The second kappa shape index (κ2) is 3.26. The van der Waals surface area contributed by atoms with Gasteiger partial charge in [-0.2, -0.15) is 0 Å². The highest BCUT2D eigenvalue weighted by atomic mass is 16.7. The summed E-state index contributed by atoms with van der Waals surface area (Å²) >= 11 is 0. The van der Waals surface area contributed by atoms with Crippen molar-refractivity contribution >= 4 is 6.16 Å².